The molecule has 1 heterocycles. The predicted octanol–water partition coefficient (Wildman–Crippen LogP) is 2.00. The third-order valence-electron chi connectivity index (χ3n) is 3.18. The van der Waals surface area contributed by atoms with Gasteiger partial charge in [0.2, 0.25) is 0 Å². The molecular formula is C11H18ClNSi. The van der Waals surface area contributed by atoms with Crippen LogP contribution in [0.4, 0.5) is 0 Å². The Kier molecular flexibility index (Phi) is 4.17. The first-order chi connectivity index (χ1) is 6.31. The highest BCUT2D eigenvalue weighted by atomic mass is 35.5. The maximum absolute atomic E-state index is 3.44. The smallest absolute Gasteiger partial charge is 0.0861 e. The van der Waals surface area contributed by atoms with Crippen molar-refractivity contribution in [1.82, 2.24) is 5.32 Å². The second kappa shape index (κ2) is 4.96. The summed E-state index contributed by atoms with van der Waals surface area (Å²) in [7, 11) is -1.08. The molecule has 1 nitrogen and oxygen atoms in total. The van der Waals surface area contributed by atoms with Crippen LogP contribution >= 0.6 is 12.4 Å². The van der Waals surface area contributed by atoms with Gasteiger partial charge in [0.05, 0.1) is 8.07 Å². The van der Waals surface area contributed by atoms with E-state index < -0.39 is 8.07 Å². The van der Waals surface area contributed by atoms with Crippen LogP contribution in [0.5, 0.6) is 0 Å². The fraction of sp³-hybridized carbons (Fsp3) is 0.455. The number of hydrogen-bond acceptors (Lipinski definition) is 1. The van der Waals surface area contributed by atoms with Crippen molar-refractivity contribution in [1.29, 1.82) is 0 Å². The summed E-state index contributed by atoms with van der Waals surface area (Å²) >= 11 is 0. The highest BCUT2D eigenvalue weighted by Crippen LogP contribution is 2.17. The molecule has 1 N–H and O–H groups in total. The standard InChI is InChI=1S/C11H17NSi.ClH/c1-13(9-7-12-8-10-13)11-5-3-2-4-6-11;/h2-6,12H,7-10H2,1H3;1H. The van der Waals surface area contributed by atoms with Crippen LogP contribution in [0.15, 0.2) is 30.3 Å². The van der Waals surface area contributed by atoms with Gasteiger partial charge in [0.1, 0.15) is 0 Å². The Bertz CT molecular complexity index is 270. The third-order valence-corrected chi connectivity index (χ3v) is 7.61. The Balaban J connectivity index is 0.000000980. The van der Waals surface area contributed by atoms with E-state index in [1.807, 2.05) is 0 Å². The van der Waals surface area contributed by atoms with Gasteiger partial charge in [-0.25, -0.2) is 0 Å². The SMILES string of the molecule is C[Si]1(c2ccccc2)CCNCC1.Cl. The molecule has 1 aromatic carbocycles. The molecule has 78 valence electrons. The number of benzene rings is 1. The second-order valence-corrected chi connectivity index (χ2v) is 8.88. The van der Waals surface area contributed by atoms with Crippen LogP contribution in [0.25, 0.3) is 0 Å². The number of halogens is 1. The Morgan fingerprint density at radius 3 is 2.21 bits per heavy atom. The normalized spacial score (nSPS) is 19.8. The molecule has 0 bridgehead atoms. The van der Waals surface area contributed by atoms with Gasteiger partial charge in [0.15, 0.2) is 0 Å². The summed E-state index contributed by atoms with van der Waals surface area (Å²) in [5, 5.41) is 5.08. The van der Waals surface area contributed by atoms with E-state index in [4.69, 9.17) is 0 Å². The molecule has 0 amide bonds. The highest BCUT2D eigenvalue weighted by Gasteiger charge is 2.30. The highest BCUT2D eigenvalue weighted by molar-refractivity contribution is 6.91. The monoisotopic (exact) mass is 227 g/mol. The largest absolute Gasteiger partial charge is 0.317 e. The zero-order valence-electron chi connectivity index (χ0n) is 8.62. The molecule has 2 rings (SSSR count). The van der Waals surface area contributed by atoms with Crippen LogP contribution in [0.3, 0.4) is 0 Å². The minimum atomic E-state index is -1.08. The molecule has 1 aliphatic heterocycles. The first kappa shape index (κ1) is 11.8. The Hall–Kier alpha value is -0.313. The van der Waals surface area contributed by atoms with E-state index in [1.54, 1.807) is 5.19 Å². The van der Waals surface area contributed by atoms with E-state index in [1.165, 1.54) is 25.2 Å². The lowest BCUT2D eigenvalue weighted by molar-refractivity contribution is 0.715. The Morgan fingerprint density at radius 1 is 1.07 bits per heavy atom. The minimum absolute atomic E-state index is 0. The average molecular weight is 228 g/mol. The summed E-state index contributed by atoms with van der Waals surface area (Å²) in [6, 6.07) is 13.9. The molecule has 0 atom stereocenters. The van der Waals surface area contributed by atoms with Gasteiger partial charge in [-0.05, 0) is 25.2 Å². The predicted molar refractivity (Wildman–Crippen MR) is 67.4 cm³/mol. The first-order valence-electron chi connectivity index (χ1n) is 5.07. The molecule has 0 aliphatic carbocycles. The van der Waals surface area contributed by atoms with Crippen LogP contribution in [0, 0.1) is 0 Å². The summed E-state index contributed by atoms with van der Waals surface area (Å²) in [4.78, 5) is 0. The maximum Gasteiger partial charge on any atom is 0.0861 e. The van der Waals surface area contributed by atoms with Crippen LogP contribution in [0.1, 0.15) is 0 Å². The lowest BCUT2D eigenvalue weighted by Gasteiger charge is -2.32. The van der Waals surface area contributed by atoms with Crippen molar-refractivity contribution in [3.63, 3.8) is 0 Å². The van der Waals surface area contributed by atoms with Gasteiger partial charge in [0.25, 0.3) is 0 Å². The van der Waals surface area contributed by atoms with Gasteiger partial charge in [0, 0.05) is 0 Å². The first-order valence-corrected chi connectivity index (χ1v) is 7.99. The summed E-state index contributed by atoms with van der Waals surface area (Å²) < 4.78 is 0. The van der Waals surface area contributed by atoms with Crippen LogP contribution < -0.4 is 10.5 Å². The molecular weight excluding hydrogens is 210 g/mol. The van der Waals surface area contributed by atoms with Crippen LogP contribution in [0.2, 0.25) is 18.6 Å². The molecule has 1 aromatic rings. The van der Waals surface area contributed by atoms with Crippen molar-refractivity contribution in [2.75, 3.05) is 13.1 Å². The summed E-state index contributed by atoms with van der Waals surface area (Å²) in [6.45, 7) is 4.96. The van der Waals surface area contributed by atoms with Gasteiger partial charge in [-0.3, -0.25) is 0 Å². The van der Waals surface area contributed by atoms with Crippen molar-refractivity contribution in [2.24, 2.45) is 0 Å². The van der Waals surface area contributed by atoms with Gasteiger partial charge in [-0.2, -0.15) is 0 Å². The van der Waals surface area contributed by atoms with E-state index in [9.17, 15) is 0 Å². The van der Waals surface area contributed by atoms with Crippen molar-refractivity contribution in [2.45, 2.75) is 18.6 Å². The van der Waals surface area contributed by atoms with Crippen LogP contribution in [-0.4, -0.2) is 21.2 Å². The van der Waals surface area contributed by atoms with Gasteiger partial charge >= 0.3 is 0 Å². The van der Waals surface area contributed by atoms with Crippen LogP contribution in [-0.2, 0) is 0 Å². The number of rotatable bonds is 1. The zero-order valence-corrected chi connectivity index (χ0v) is 10.4. The molecule has 0 spiro atoms. The number of nitrogens with one attached hydrogen (secondary N) is 1. The zero-order chi connectivity index (χ0) is 9.15. The van der Waals surface area contributed by atoms with Gasteiger partial charge in [-0.1, -0.05) is 42.1 Å². The van der Waals surface area contributed by atoms with E-state index in [0.29, 0.717) is 0 Å². The minimum Gasteiger partial charge on any atom is -0.317 e. The lowest BCUT2D eigenvalue weighted by atomic mass is 10.4. The fourth-order valence-electron chi connectivity index (χ4n) is 2.11. The van der Waals surface area contributed by atoms with Gasteiger partial charge in [-0.15, -0.1) is 12.4 Å². The second-order valence-electron chi connectivity index (χ2n) is 4.18. The molecule has 1 aliphatic rings. The summed E-state index contributed by atoms with van der Waals surface area (Å²) in [5.74, 6) is 0. The van der Waals surface area contributed by atoms with E-state index in [0.717, 1.165) is 0 Å². The van der Waals surface area contributed by atoms with Crippen molar-refractivity contribution in [3.8, 4) is 0 Å². The Labute approximate surface area is 93.3 Å². The molecule has 1 fully saturated rings. The molecule has 0 saturated carbocycles. The molecule has 0 unspecified atom stereocenters. The van der Waals surface area contributed by atoms with Crippen molar-refractivity contribution in [3.05, 3.63) is 30.3 Å². The molecule has 14 heavy (non-hydrogen) atoms. The average Bonchev–Trinajstić information content (AvgIpc) is 2.20. The van der Waals surface area contributed by atoms with E-state index in [-0.39, 0.29) is 12.4 Å². The fourth-order valence-corrected chi connectivity index (χ4v) is 5.39. The van der Waals surface area contributed by atoms with Crippen molar-refractivity contribution < 1.29 is 0 Å². The molecule has 1 saturated heterocycles. The lowest BCUT2D eigenvalue weighted by Crippen LogP contribution is -2.51. The van der Waals surface area contributed by atoms with E-state index >= 15 is 0 Å². The molecule has 0 radical (unpaired) electrons. The third kappa shape index (κ3) is 2.38. The summed E-state index contributed by atoms with van der Waals surface area (Å²) in [5.41, 5.74) is 0. The topological polar surface area (TPSA) is 12.0 Å². The Morgan fingerprint density at radius 2 is 1.64 bits per heavy atom. The molecule has 3 heteroatoms. The van der Waals surface area contributed by atoms with E-state index in [2.05, 4.69) is 42.2 Å². The molecule has 0 aromatic heterocycles. The maximum atomic E-state index is 3.44. The number of hydrogen-bond donors (Lipinski definition) is 1. The van der Waals surface area contributed by atoms with Gasteiger partial charge < -0.3 is 5.32 Å². The van der Waals surface area contributed by atoms with Crippen molar-refractivity contribution >= 4 is 25.7 Å². The summed E-state index contributed by atoms with van der Waals surface area (Å²) in [6.07, 6.45) is 0. The quantitative estimate of drug-likeness (QED) is 0.724.